The Hall–Kier alpha value is -1.14. The minimum atomic E-state index is 0.0609. The van der Waals surface area contributed by atoms with Crippen molar-refractivity contribution in [2.45, 2.75) is 19.4 Å². The van der Waals surface area contributed by atoms with Gasteiger partial charge in [-0.15, -0.1) is 0 Å². The highest BCUT2D eigenvalue weighted by atomic mass is 32.1. The minimum Gasteiger partial charge on any atom is -0.375 e. The quantitative estimate of drug-likeness (QED) is 0.851. The van der Waals surface area contributed by atoms with Crippen molar-refractivity contribution in [3.63, 3.8) is 0 Å². The van der Waals surface area contributed by atoms with Crippen LogP contribution in [-0.2, 0) is 0 Å². The Morgan fingerprint density at radius 1 is 1.65 bits per heavy atom. The number of carbonyl (C=O) groups excluding carboxylic acids is 1. The van der Waals surface area contributed by atoms with Crippen LogP contribution in [-0.4, -0.2) is 53.4 Å². The molecule has 0 unspecified atom stereocenters. The molecule has 1 amide bonds. The van der Waals surface area contributed by atoms with Gasteiger partial charge in [0, 0.05) is 25.7 Å². The van der Waals surface area contributed by atoms with E-state index in [0.29, 0.717) is 16.1 Å². The van der Waals surface area contributed by atoms with E-state index in [4.69, 9.17) is 5.73 Å². The van der Waals surface area contributed by atoms with Crippen LogP contribution in [0, 0.1) is 0 Å². The molecule has 17 heavy (non-hydrogen) atoms. The molecular formula is C11H18N4OS. The zero-order valence-corrected chi connectivity index (χ0v) is 11.0. The standard InChI is InChI=1S/C11H18N4OS/c1-3-8-7-15(5-4-14(8)2)10(16)9-6-13-11(12)17-9/h6,8H,3-5,7H2,1-2H3,(H2,12,13)/t8-/m0/s1. The summed E-state index contributed by atoms with van der Waals surface area (Å²) in [6.45, 7) is 4.66. The third-order valence-corrected chi connectivity index (χ3v) is 4.08. The minimum absolute atomic E-state index is 0.0609. The largest absolute Gasteiger partial charge is 0.375 e. The lowest BCUT2D eigenvalue weighted by molar-refractivity contribution is 0.0546. The molecule has 1 aromatic rings. The van der Waals surface area contributed by atoms with Gasteiger partial charge in [-0.3, -0.25) is 9.69 Å². The van der Waals surface area contributed by atoms with Crippen LogP contribution in [0.2, 0.25) is 0 Å². The van der Waals surface area contributed by atoms with Crippen LogP contribution >= 0.6 is 11.3 Å². The number of aromatic nitrogens is 1. The number of nitrogen functional groups attached to an aromatic ring is 1. The van der Waals surface area contributed by atoms with Gasteiger partial charge in [0.05, 0.1) is 6.20 Å². The summed E-state index contributed by atoms with van der Waals surface area (Å²) >= 11 is 1.26. The molecule has 1 aliphatic rings. The molecule has 0 radical (unpaired) electrons. The zero-order valence-electron chi connectivity index (χ0n) is 10.2. The average molecular weight is 254 g/mol. The molecule has 2 heterocycles. The molecule has 0 bridgehead atoms. The predicted octanol–water partition coefficient (Wildman–Crippen LogP) is 0.892. The number of amides is 1. The molecule has 6 heteroatoms. The third kappa shape index (κ3) is 2.58. The van der Waals surface area contributed by atoms with Crippen LogP contribution in [0.5, 0.6) is 0 Å². The van der Waals surface area contributed by atoms with Gasteiger partial charge in [0.1, 0.15) is 4.88 Å². The van der Waals surface area contributed by atoms with Gasteiger partial charge < -0.3 is 10.6 Å². The van der Waals surface area contributed by atoms with Gasteiger partial charge in [-0.1, -0.05) is 18.3 Å². The smallest absolute Gasteiger partial charge is 0.265 e. The number of carbonyl (C=O) groups is 1. The first kappa shape index (κ1) is 12.3. The second kappa shape index (κ2) is 5.01. The summed E-state index contributed by atoms with van der Waals surface area (Å²) in [4.78, 5) is 21.0. The Morgan fingerprint density at radius 3 is 3.00 bits per heavy atom. The van der Waals surface area contributed by atoms with Crippen LogP contribution in [0.25, 0.3) is 0 Å². The maximum atomic E-state index is 12.2. The molecule has 1 aliphatic heterocycles. The van der Waals surface area contributed by atoms with Gasteiger partial charge in [0.15, 0.2) is 5.13 Å². The highest BCUT2D eigenvalue weighted by Gasteiger charge is 2.27. The van der Waals surface area contributed by atoms with E-state index in [1.807, 2.05) is 4.90 Å². The molecular weight excluding hydrogens is 236 g/mol. The van der Waals surface area contributed by atoms with E-state index in [9.17, 15) is 4.79 Å². The molecule has 1 atom stereocenters. The van der Waals surface area contributed by atoms with Crippen molar-refractivity contribution in [2.24, 2.45) is 0 Å². The second-order valence-electron chi connectivity index (χ2n) is 4.36. The van der Waals surface area contributed by atoms with Gasteiger partial charge in [0.25, 0.3) is 5.91 Å². The third-order valence-electron chi connectivity index (χ3n) is 3.27. The first-order valence-electron chi connectivity index (χ1n) is 5.82. The summed E-state index contributed by atoms with van der Waals surface area (Å²) in [5.41, 5.74) is 5.55. The first-order chi connectivity index (χ1) is 8.11. The fourth-order valence-corrected chi connectivity index (χ4v) is 2.77. The number of anilines is 1. The maximum Gasteiger partial charge on any atom is 0.265 e. The summed E-state index contributed by atoms with van der Waals surface area (Å²) in [5.74, 6) is 0.0609. The number of nitrogens with two attached hydrogens (primary N) is 1. The van der Waals surface area contributed by atoms with Crippen LogP contribution in [0.3, 0.4) is 0 Å². The van der Waals surface area contributed by atoms with E-state index in [0.717, 1.165) is 26.1 Å². The van der Waals surface area contributed by atoms with Crippen molar-refractivity contribution in [2.75, 3.05) is 32.4 Å². The number of nitrogens with zero attached hydrogens (tertiary/aromatic N) is 3. The van der Waals surface area contributed by atoms with Gasteiger partial charge in [0.2, 0.25) is 0 Å². The highest BCUT2D eigenvalue weighted by Crippen LogP contribution is 2.19. The van der Waals surface area contributed by atoms with Crippen LogP contribution in [0.4, 0.5) is 5.13 Å². The Labute approximate surface area is 105 Å². The zero-order chi connectivity index (χ0) is 12.4. The van der Waals surface area contributed by atoms with Crippen molar-refractivity contribution >= 4 is 22.4 Å². The van der Waals surface area contributed by atoms with E-state index in [2.05, 4.69) is 23.9 Å². The summed E-state index contributed by atoms with van der Waals surface area (Å²) in [7, 11) is 2.11. The van der Waals surface area contributed by atoms with E-state index >= 15 is 0 Å². The molecule has 2 N–H and O–H groups in total. The second-order valence-corrected chi connectivity index (χ2v) is 5.42. The van der Waals surface area contributed by atoms with E-state index in [1.54, 1.807) is 6.20 Å². The summed E-state index contributed by atoms with van der Waals surface area (Å²) in [5, 5.41) is 0.453. The number of hydrogen-bond donors (Lipinski definition) is 1. The molecule has 0 aliphatic carbocycles. The average Bonchev–Trinajstić information content (AvgIpc) is 2.75. The van der Waals surface area contributed by atoms with Gasteiger partial charge in [-0.2, -0.15) is 0 Å². The van der Waals surface area contributed by atoms with E-state index in [-0.39, 0.29) is 5.91 Å². The number of likely N-dealkylation sites (N-methyl/N-ethyl adjacent to an activating group) is 1. The lowest BCUT2D eigenvalue weighted by Gasteiger charge is -2.38. The lowest BCUT2D eigenvalue weighted by atomic mass is 10.1. The van der Waals surface area contributed by atoms with Gasteiger partial charge in [-0.25, -0.2) is 4.98 Å². The topological polar surface area (TPSA) is 62.5 Å². The number of rotatable bonds is 2. The van der Waals surface area contributed by atoms with Crippen molar-refractivity contribution in [3.05, 3.63) is 11.1 Å². The van der Waals surface area contributed by atoms with Gasteiger partial charge in [-0.05, 0) is 13.5 Å². The number of piperazine rings is 1. The van der Waals surface area contributed by atoms with Crippen LogP contribution < -0.4 is 5.73 Å². The Balaban J connectivity index is 2.05. The summed E-state index contributed by atoms with van der Waals surface area (Å²) in [6.07, 6.45) is 2.63. The molecule has 0 spiro atoms. The Kier molecular flexibility index (Phi) is 3.63. The van der Waals surface area contributed by atoms with Crippen molar-refractivity contribution in [1.82, 2.24) is 14.8 Å². The number of thiazole rings is 1. The Morgan fingerprint density at radius 2 is 2.41 bits per heavy atom. The normalized spacial score (nSPS) is 21.8. The Bertz CT molecular complexity index is 406. The molecule has 1 fully saturated rings. The fourth-order valence-electron chi connectivity index (χ4n) is 2.11. The van der Waals surface area contributed by atoms with Crippen molar-refractivity contribution < 1.29 is 4.79 Å². The molecule has 0 saturated carbocycles. The van der Waals surface area contributed by atoms with Crippen LogP contribution in [0.1, 0.15) is 23.0 Å². The van der Waals surface area contributed by atoms with Gasteiger partial charge >= 0.3 is 0 Å². The fraction of sp³-hybridized carbons (Fsp3) is 0.636. The maximum absolute atomic E-state index is 12.2. The molecule has 1 saturated heterocycles. The SMILES string of the molecule is CC[C@H]1CN(C(=O)c2cnc(N)s2)CCN1C. The molecule has 94 valence electrons. The molecule has 0 aromatic carbocycles. The molecule has 1 aromatic heterocycles. The first-order valence-corrected chi connectivity index (χ1v) is 6.64. The summed E-state index contributed by atoms with van der Waals surface area (Å²) < 4.78 is 0. The monoisotopic (exact) mass is 254 g/mol. The highest BCUT2D eigenvalue weighted by molar-refractivity contribution is 7.17. The molecule has 2 rings (SSSR count). The van der Waals surface area contributed by atoms with Crippen LogP contribution in [0.15, 0.2) is 6.20 Å². The van der Waals surface area contributed by atoms with E-state index in [1.165, 1.54) is 11.3 Å². The predicted molar refractivity (Wildman–Crippen MR) is 69.1 cm³/mol. The molecule has 5 nitrogen and oxygen atoms in total. The van der Waals surface area contributed by atoms with E-state index < -0.39 is 0 Å². The number of hydrogen-bond acceptors (Lipinski definition) is 5. The summed E-state index contributed by atoms with van der Waals surface area (Å²) in [6, 6.07) is 0.456. The van der Waals surface area contributed by atoms with Crippen molar-refractivity contribution in [1.29, 1.82) is 0 Å². The lowest BCUT2D eigenvalue weighted by Crippen LogP contribution is -2.52. The van der Waals surface area contributed by atoms with Crippen molar-refractivity contribution in [3.8, 4) is 0 Å².